The molecule has 0 unspecified atom stereocenters. The van der Waals surface area contributed by atoms with Gasteiger partial charge < -0.3 is 19.4 Å². The van der Waals surface area contributed by atoms with Gasteiger partial charge in [-0.2, -0.15) is 0 Å². The predicted octanol–water partition coefficient (Wildman–Crippen LogP) is 3.11. The van der Waals surface area contributed by atoms with E-state index in [0.717, 1.165) is 40.3 Å². The Bertz CT molecular complexity index is 996. The molecule has 0 spiro atoms. The molecule has 0 saturated heterocycles. The van der Waals surface area contributed by atoms with Crippen LogP contribution in [0.3, 0.4) is 0 Å². The summed E-state index contributed by atoms with van der Waals surface area (Å²) in [6.45, 7) is 3.79. The number of fused-ring (bicyclic) bond motifs is 2. The Morgan fingerprint density at radius 3 is 3.00 bits per heavy atom. The summed E-state index contributed by atoms with van der Waals surface area (Å²) in [6, 6.07) is 13.9. The SMILES string of the molecule is COc1cccc2c1OC[C@H](CNC(=O)CCn1c(C)nc3ccccc31)C2. The minimum Gasteiger partial charge on any atom is -0.493 e. The van der Waals surface area contributed by atoms with E-state index in [2.05, 4.69) is 20.9 Å². The van der Waals surface area contributed by atoms with Gasteiger partial charge in [0.2, 0.25) is 5.91 Å². The van der Waals surface area contributed by atoms with Crippen LogP contribution in [0.4, 0.5) is 0 Å². The van der Waals surface area contributed by atoms with Gasteiger partial charge in [-0.1, -0.05) is 24.3 Å². The maximum atomic E-state index is 12.4. The lowest BCUT2D eigenvalue weighted by atomic mass is 9.96. The van der Waals surface area contributed by atoms with E-state index in [0.29, 0.717) is 26.1 Å². The molecule has 0 fully saturated rings. The predicted molar refractivity (Wildman–Crippen MR) is 108 cm³/mol. The van der Waals surface area contributed by atoms with Crippen LogP contribution in [0.1, 0.15) is 17.8 Å². The van der Waals surface area contributed by atoms with Gasteiger partial charge in [-0.05, 0) is 37.1 Å². The number of amides is 1. The normalized spacial score (nSPS) is 15.7. The third-order valence-corrected chi connectivity index (χ3v) is 5.25. The Hall–Kier alpha value is -3.02. The number of carbonyl (C=O) groups is 1. The largest absolute Gasteiger partial charge is 0.493 e. The Kier molecular flexibility index (Phi) is 5.19. The first kappa shape index (κ1) is 18.3. The second-order valence-corrected chi connectivity index (χ2v) is 7.18. The van der Waals surface area contributed by atoms with Crippen molar-refractivity contribution in [2.24, 2.45) is 5.92 Å². The third kappa shape index (κ3) is 3.67. The number of carbonyl (C=O) groups excluding carboxylic acids is 1. The van der Waals surface area contributed by atoms with Crippen molar-refractivity contribution < 1.29 is 14.3 Å². The molecular formula is C22H25N3O3. The van der Waals surface area contributed by atoms with Crippen LogP contribution in [0.5, 0.6) is 11.5 Å². The number of ether oxygens (including phenoxy) is 2. The molecule has 4 rings (SSSR count). The van der Waals surface area contributed by atoms with Gasteiger partial charge in [-0.25, -0.2) is 4.98 Å². The molecule has 1 N–H and O–H groups in total. The molecular weight excluding hydrogens is 354 g/mol. The lowest BCUT2D eigenvalue weighted by Gasteiger charge is -2.26. The topological polar surface area (TPSA) is 65.4 Å². The molecule has 146 valence electrons. The van der Waals surface area contributed by atoms with Gasteiger partial charge in [0.1, 0.15) is 5.82 Å². The van der Waals surface area contributed by atoms with Crippen LogP contribution in [-0.2, 0) is 17.8 Å². The quantitative estimate of drug-likeness (QED) is 0.715. The van der Waals surface area contributed by atoms with E-state index in [1.165, 1.54) is 0 Å². The monoisotopic (exact) mass is 379 g/mol. The number of para-hydroxylation sites is 3. The van der Waals surface area contributed by atoms with E-state index in [9.17, 15) is 4.79 Å². The fourth-order valence-corrected chi connectivity index (χ4v) is 3.79. The van der Waals surface area contributed by atoms with Crippen LogP contribution >= 0.6 is 0 Å². The van der Waals surface area contributed by atoms with Gasteiger partial charge in [0.15, 0.2) is 11.5 Å². The number of methoxy groups -OCH3 is 1. The Morgan fingerprint density at radius 1 is 1.29 bits per heavy atom. The van der Waals surface area contributed by atoms with Gasteiger partial charge in [0.05, 0.1) is 24.8 Å². The number of hydrogen-bond acceptors (Lipinski definition) is 4. The van der Waals surface area contributed by atoms with Gasteiger partial charge in [0.25, 0.3) is 0 Å². The van der Waals surface area contributed by atoms with Gasteiger partial charge >= 0.3 is 0 Å². The van der Waals surface area contributed by atoms with E-state index < -0.39 is 0 Å². The summed E-state index contributed by atoms with van der Waals surface area (Å²) >= 11 is 0. The molecule has 1 atom stereocenters. The van der Waals surface area contributed by atoms with E-state index in [1.807, 2.05) is 43.3 Å². The van der Waals surface area contributed by atoms with Crippen LogP contribution in [0, 0.1) is 12.8 Å². The molecule has 1 aliphatic rings. The number of nitrogens with zero attached hydrogens (tertiary/aromatic N) is 2. The highest BCUT2D eigenvalue weighted by atomic mass is 16.5. The summed E-state index contributed by atoms with van der Waals surface area (Å²) in [5.41, 5.74) is 3.17. The first-order chi connectivity index (χ1) is 13.7. The fourth-order valence-electron chi connectivity index (χ4n) is 3.79. The number of nitrogens with one attached hydrogen (secondary N) is 1. The average Bonchev–Trinajstić information content (AvgIpc) is 3.05. The number of rotatable bonds is 6. The minimum absolute atomic E-state index is 0.0496. The zero-order chi connectivity index (χ0) is 19.5. The molecule has 1 aromatic heterocycles. The number of aryl methyl sites for hydroxylation is 2. The standard InChI is InChI=1S/C22H25N3O3/c1-15-24-18-7-3-4-8-19(18)25(15)11-10-21(26)23-13-16-12-17-6-5-9-20(27-2)22(17)28-14-16/h3-9,16H,10-14H2,1-2H3,(H,23,26)/t16-/m0/s1. The minimum atomic E-state index is 0.0496. The second-order valence-electron chi connectivity index (χ2n) is 7.18. The van der Waals surface area contributed by atoms with E-state index >= 15 is 0 Å². The van der Waals surface area contributed by atoms with E-state index in [1.54, 1.807) is 7.11 Å². The van der Waals surface area contributed by atoms with Crippen molar-refractivity contribution in [2.45, 2.75) is 26.3 Å². The maximum Gasteiger partial charge on any atom is 0.221 e. The van der Waals surface area contributed by atoms with Crippen LogP contribution in [0.25, 0.3) is 11.0 Å². The van der Waals surface area contributed by atoms with Crippen molar-refractivity contribution >= 4 is 16.9 Å². The summed E-state index contributed by atoms with van der Waals surface area (Å²) in [4.78, 5) is 16.9. The Balaban J connectivity index is 1.31. The maximum absolute atomic E-state index is 12.4. The number of imidazole rings is 1. The van der Waals surface area contributed by atoms with Crippen LogP contribution in [0.15, 0.2) is 42.5 Å². The highest BCUT2D eigenvalue weighted by Crippen LogP contribution is 2.35. The molecule has 6 nitrogen and oxygen atoms in total. The third-order valence-electron chi connectivity index (χ3n) is 5.25. The smallest absolute Gasteiger partial charge is 0.221 e. The lowest BCUT2D eigenvalue weighted by Crippen LogP contribution is -2.35. The number of hydrogen-bond donors (Lipinski definition) is 1. The molecule has 3 aromatic rings. The zero-order valence-electron chi connectivity index (χ0n) is 16.3. The summed E-state index contributed by atoms with van der Waals surface area (Å²) in [5, 5.41) is 3.06. The molecule has 1 aliphatic heterocycles. The molecule has 28 heavy (non-hydrogen) atoms. The van der Waals surface area contributed by atoms with Crippen molar-refractivity contribution in [3.8, 4) is 11.5 Å². The lowest BCUT2D eigenvalue weighted by molar-refractivity contribution is -0.121. The van der Waals surface area contributed by atoms with E-state index in [-0.39, 0.29) is 11.8 Å². The highest BCUT2D eigenvalue weighted by Gasteiger charge is 2.23. The van der Waals surface area contributed by atoms with Crippen molar-refractivity contribution in [3.05, 3.63) is 53.9 Å². The van der Waals surface area contributed by atoms with Crippen LogP contribution in [0.2, 0.25) is 0 Å². The molecule has 6 heteroatoms. The molecule has 0 radical (unpaired) electrons. The van der Waals surface area contributed by atoms with Gasteiger partial charge in [-0.15, -0.1) is 0 Å². The first-order valence-electron chi connectivity index (χ1n) is 9.63. The molecule has 2 heterocycles. The molecule has 0 aliphatic carbocycles. The van der Waals surface area contributed by atoms with Crippen LogP contribution < -0.4 is 14.8 Å². The van der Waals surface area contributed by atoms with Crippen molar-refractivity contribution in [1.82, 2.24) is 14.9 Å². The Morgan fingerprint density at radius 2 is 2.14 bits per heavy atom. The molecule has 1 amide bonds. The van der Waals surface area contributed by atoms with Gasteiger partial charge in [-0.3, -0.25) is 4.79 Å². The van der Waals surface area contributed by atoms with Crippen molar-refractivity contribution in [3.63, 3.8) is 0 Å². The molecule has 0 bridgehead atoms. The number of benzene rings is 2. The number of aromatic nitrogens is 2. The second kappa shape index (κ2) is 7.92. The van der Waals surface area contributed by atoms with Gasteiger partial charge in [0, 0.05) is 25.4 Å². The summed E-state index contributed by atoms with van der Waals surface area (Å²) in [5.74, 6) is 2.84. The zero-order valence-corrected chi connectivity index (χ0v) is 16.3. The van der Waals surface area contributed by atoms with E-state index in [4.69, 9.17) is 9.47 Å². The Labute approximate surface area is 164 Å². The van der Waals surface area contributed by atoms with Crippen LogP contribution in [-0.4, -0.2) is 35.7 Å². The molecule has 2 aromatic carbocycles. The summed E-state index contributed by atoms with van der Waals surface area (Å²) in [7, 11) is 1.65. The summed E-state index contributed by atoms with van der Waals surface area (Å²) < 4.78 is 13.3. The first-order valence-corrected chi connectivity index (χ1v) is 9.63. The van der Waals surface area contributed by atoms with Crippen molar-refractivity contribution in [1.29, 1.82) is 0 Å². The highest BCUT2D eigenvalue weighted by molar-refractivity contribution is 5.78. The molecule has 0 saturated carbocycles. The summed E-state index contributed by atoms with van der Waals surface area (Å²) in [6.07, 6.45) is 1.30. The fraction of sp³-hybridized carbons (Fsp3) is 0.364. The van der Waals surface area contributed by atoms with Crippen molar-refractivity contribution in [2.75, 3.05) is 20.3 Å². The average molecular weight is 379 g/mol.